The second-order valence-electron chi connectivity index (χ2n) is 3.37. The Kier molecular flexibility index (Phi) is 2.70. The van der Waals surface area contributed by atoms with Crippen molar-refractivity contribution in [3.05, 3.63) is 54.1 Å². The zero-order valence-corrected chi connectivity index (χ0v) is 8.35. The summed E-state index contributed by atoms with van der Waals surface area (Å²) in [5.41, 5.74) is 8.50. The van der Waals surface area contributed by atoms with Gasteiger partial charge in [-0.05, 0) is 17.2 Å². The first-order chi connectivity index (χ1) is 7.33. The fraction of sp³-hybridized carbons (Fsp3) is 0.0769. The van der Waals surface area contributed by atoms with Crippen LogP contribution in [-0.2, 0) is 6.54 Å². The summed E-state index contributed by atoms with van der Waals surface area (Å²) < 4.78 is 0. The van der Waals surface area contributed by atoms with Gasteiger partial charge in [-0.25, -0.2) is 0 Å². The van der Waals surface area contributed by atoms with Crippen LogP contribution < -0.4 is 5.73 Å². The summed E-state index contributed by atoms with van der Waals surface area (Å²) in [5.74, 6) is 0.263. The smallest absolute Gasteiger partial charge is 0.120 e. The molecule has 2 aromatic carbocycles. The molecule has 2 nitrogen and oxygen atoms in total. The van der Waals surface area contributed by atoms with E-state index in [0.717, 1.165) is 16.7 Å². The quantitative estimate of drug-likeness (QED) is 0.780. The standard InChI is InChI=1S/C13H13NO/c14-9-12-11(7-4-8-13(12)15)10-5-2-1-3-6-10/h1-8,15H,9,14H2. The SMILES string of the molecule is NCc1c(O)cccc1-c1ccccc1. The molecule has 0 spiro atoms. The summed E-state index contributed by atoms with van der Waals surface area (Å²) >= 11 is 0. The molecule has 0 unspecified atom stereocenters. The Bertz CT molecular complexity index is 451. The van der Waals surface area contributed by atoms with Gasteiger partial charge in [0, 0.05) is 12.1 Å². The van der Waals surface area contributed by atoms with E-state index in [9.17, 15) is 5.11 Å². The van der Waals surface area contributed by atoms with E-state index in [1.165, 1.54) is 0 Å². The highest BCUT2D eigenvalue weighted by atomic mass is 16.3. The molecule has 0 aromatic heterocycles. The van der Waals surface area contributed by atoms with Crippen LogP contribution in [0.1, 0.15) is 5.56 Å². The van der Waals surface area contributed by atoms with Crippen molar-refractivity contribution in [2.24, 2.45) is 5.73 Å². The Morgan fingerprint density at radius 2 is 1.67 bits per heavy atom. The van der Waals surface area contributed by atoms with Crippen molar-refractivity contribution in [3.8, 4) is 16.9 Å². The molecule has 0 saturated carbocycles. The van der Waals surface area contributed by atoms with Crippen molar-refractivity contribution in [3.63, 3.8) is 0 Å². The van der Waals surface area contributed by atoms with E-state index in [1.54, 1.807) is 6.07 Å². The monoisotopic (exact) mass is 199 g/mol. The fourth-order valence-electron chi connectivity index (χ4n) is 1.68. The molecule has 0 atom stereocenters. The lowest BCUT2D eigenvalue weighted by Crippen LogP contribution is -1.99. The Morgan fingerprint density at radius 3 is 2.33 bits per heavy atom. The van der Waals surface area contributed by atoms with Gasteiger partial charge in [-0.15, -0.1) is 0 Å². The molecule has 2 aromatic rings. The Labute approximate surface area is 89.0 Å². The third-order valence-electron chi connectivity index (χ3n) is 2.44. The molecule has 0 radical (unpaired) electrons. The van der Waals surface area contributed by atoms with Gasteiger partial charge < -0.3 is 10.8 Å². The summed E-state index contributed by atoms with van der Waals surface area (Å²) in [4.78, 5) is 0. The highest BCUT2D eigenvalue weighted by Gasteiger charge is 2.06. The van der Waals surface area contributed by atoms with Gasteiger partial charge in [0.15, 0.2) is 0 Å². The number of aromatic hydroxyl groups is 1. The third-order valence-corrected chi connectivity index (χ3v) is 2.44. The van der Waals surface area contributed by atoms with Crippen LogP contribution in [0.15, 0.2) is 48.5 Å². The molecule has 3 N–H and O–H groups in total. The molecule has 0 bridgehead atoms. The number of phenolic OH excluding ortho intramolecular Hbond substituents is 1. The number of benzene rings is 2. The minimum absolute atomic E-state index is 0.263. The zero-order valence-electron chi connectivity index (χ0n) is 8.35. The van der Waals surface area contributed by atoms with Crippen LogP contribution in [0.2, 0.25) is 0 Å². The Balaban J connectivity index is 2.58. The lowest BCUT2D eigenvalue weighted by Gasteiger charge is -2.09. The predicted molar refractivity (Wildman–Crippen MR) is 61.4 cm³/mol. The first kappa shape index (κ1) is 9.74. The summed E-state index contributed by atoms with van der Waals surface area (Å²) in [7, 11) is 0. The van der Waals surface area contributed by atoms with Gasteiger partial charge in [-0.3, -0.25) is 0 Å². The highest BCUT2D eigenvalue weighted by molar-refractivity contribution is 5.69. The molecular formula is C13H13NO. The van der Waals surface area contributed by atoms with Crippen LogP contribution in [0.5, 0.6) is 5.75 Å². The van der Waals surface area contributed by atoms with Crippen LogP contribution in [0.4, 0.5) is 0 Å². The lowest BCUT2D eigenvalue weighted by atomic mass is 9.99. The molecule has 2 heteroatoms. The van der Waals surface area contributed by atoms with E-state index in [2.05, 4.69) is 0 Å². The van der Waals surface area contributed by atoms with E-state index in [-0.39, 0.29) is 5.75 Å². The normalized spacial score (nSPS) is 10.2. The predicted octanol–water partition coefficient (Wildman–Crippen LogP) is 2.52. The summed E-state index contributed by atoms with van der Waals surface area (Å²) in [6, 6.07) is 15.4. The molecule has 0 fully saturated rings. The van der Waals surface area contributed by atoms with Crippen LogP contribution in [-0.4, -0.2) is 5.11 Å². The summed E-state index contributed by atoms with van der Waals surface area (Å²) in [6.07, 6.45) is 0. The number of hydrogen-bond acceptors (Lipinski definition) is 2. The fourth-order valence-corrected chi connectivity index (χ4v) is 1.68. The van der Waals surface area contributed by atoms with Crippen LogP contribution in [0.3, 0.4) is 0 Å². The summed E-state index contributed by atoms with van der Waals surface area (Å²) in [5, 5.41) is 9.67. The molecule has 0 aliphatic heterocycles. The molecule has 0 heterocycles. The summed E-state index contributed by atoms with van der Waals surface area (Å²) in [6.45, 7) is 0.344. The van der Waals surface area contributed by atoms with Crippen LogP contribution in [0, 0.1) is 0 Å². The van der Waals surface area contributed by atoms with E-state index < -0.39 is 0 Å². The van der Waals surface area contributed by atoms with E-state index in [0.29, 0.717) is 6.54 Å². The van der Waals surface area contributed by atoms with Crippen molar-refractivity contribution in [2.75, 3.05) is 0 Å². The average Bonchev–Trinajstić information content (AvgIpc) is 2.30. The average molecular weight is 199 g/mol. The van der Waals surface area contributed by atoms with E-state index >= 15 is 0 Å². The van der Waals surface area contributed by atoms with Crippen molar-refractivity contribution >= 4 is 0 Å². The topological polar surface area (TPSA) is 46.2 Å². The second kappa shape index (κ2) is 4.15. The van der Waals surface area contributed by atoms with Gasteiger partial charge >= 0.3 is 0 Å². The molecule has 0 amide bonds. The van der Waals surface area contributed by atoms with E-state index in [4.69, 9.17) is 5.73 Å². The highest BCUT2D eigenvalue weighted by Crippen LogP contribution is 2.29. The zero-order chi connectivity index (χ0) is 10.7. The van der Waals surface area contributed by atoms with Gasteiger partial charge in [-0.2, -0.15) is 0 Å². The maximum absolute atomic E-state index is 9.67. The molecule has 2 rings (SSSR count). The molecule has 0 aliphatic carbocycles. The van der Waals surface area contributed by atoms with Crippen molar-refractivity contribution < 1.29 is 5.11 Å². The number of phenols is 1. The number of nitrogens with two attached hydrogens (primary N) is 1. The second-order valence-corrected chi connectivity index (χ2v) is 3.37. The molecule has 15 heavy (non-hydrogen) atoms. The first-order valence-corrected chi connectivity index (χ1v) is 4.89. The largest absolute Gasteiger partial charge is 0.508 e. The van der Waals surface area contributed by atoms with Crippen LogP contribution in [0.25, 0.3) is 11.1 Å². The van der Waals surface area contributed by atoms with Gasteiger partial charge in [0.25, 0.3) is 0 Å². The molecule has 0 aliphatic rings. The van der Waals surface area contributed by atoms with Crippen molar-refractivity contribution in [2.45, 2.75) is 6.54 Å². The van der Waals surface area contributed by atoms with Crippen molar-refractivity contribution in [1.29, 1.82) is 0 Å². The maximum atomic E-state index is 9.67. The third kappa shape index (κ3) is 1.85. The first-order valence-electron chi connectivity index (χ1n) is 4.89. The molecule has 0 saturated heterocycles. The Morgan fingerprint density at radius 1 is 0.933 bits per heavy atom. The van der Waals surface area contributed by atoms with Gasteiger partial charge in [0.2, 0.25) is 0 Å². The van der Waals surface area contributed by atoms with Crippen LogP contribution >= 0.6 is 0 Å². The minimum atomic E-state index is 0.263. The van der Waals surface area contributed by atoms with Crippen molar-refractivity contribution in [1.82, 2.24) is 0 Å². The minimum Gasteiger partial charge on any atom is -0.508 e. The molecule has 76 valence electrons. The number of hydrogen-bond donors (Lipinski definition) is 2. The van der Waals surface area contributed by atoms with Gasteiger partial charge in [-0.1, -0.05) is 42.5 Å². The van der Waals surface area contributed by atoms with Gasteiger partial charge in [0.1, 0.15) is 5.75 Å². The Hall–Kier alpha value is -1.80. The molecular weight excluding hydrogens is 186 g/mol. The number of rotatable bonds is 2. The maximum Gasteiger partial charge on any atom is 0.120 e. The lowest BCUT2D eigenvalue weighted by molar-refractivity contribution is 0.469. The van der Waals surface area contributed by atoms with Gasteiger partial charge in [0.05, 0.1) is 0 Å². The van der Waals surface area contributed by atoms with E-state index in [1.807, 2.05) is 42.5 Å².